The molecule has 0 saturated carbocycles. The summed E-state index contributed by atoms with van der Waals surface area (Å²) in [5.41, 5.74) is -0.779. The fourth-order valence-corrected chi connectivity index (χ4v) is 9.61. The zero-order valence-electron chi connectivity index (χ0n) is 21.6. The highest BCUT2D eigenvalue weighted by molar-refractivity contribution is 7.94. The highest BCUT2D eigenvalue weighted by Gasteiger charge is 2.40. The minimum atomic E-state index is -4.73. The maximum atomic E-state index is 14.6. The Bertz CT molecular complexity index is 1960. The van der Waals surface area contributed by atoms with E-state index in [0.29, 0.717) is 21.8 Å². The molecule has 202 valence electrons. The Kier molecular flexibility index (Phi) is 5.87. The lowest BCUT2D eigenvalue weighted by Crippen LogP contribution is -2.33. The molecule has 0 nitrogen and oxygen atoms in total. The summed E-state index contributed by atoms with van der Waals surface area (Å²) in [6.45, 7) is -0.239. The molecule has 0 saturated heterocycles. The van der Waals surface area contributed by atoms with Gasteiger partial charge in [-0.3, -0.25) is 0 Å². The van der Waals surface area contributed by atoms with Crippen LogP contribution in [0, 0.1) is 13.8 Å². The molecule has 6 rings (SSSR count). The first-order valence-electron chi connectivity index (χ1n) is 12.6. The van der Waals surface area contributed by atoms with Crippen molar-refractivity contribution < 1.29 is 26.3 Å². The zero-order chi connectivity index (χ0) is 28.6. The summed E-state index contributed by atoms with van der Waals surface area (Å²) in [5.74, 6) is 0. The van der Waals surface area contributed by atoms with E-state index in [2.05, 4.69) is 6.30 Å². The number of hydrogen-bond acceptors (Lipinski definition) is 0. The second-order valence-corrected chi connectivity index (χ2v) is 13.3. The minimum Gasteiger partial charge on any atom is -0.166 e. The lowest BCUT2D eigenvalue weighted by Gasteiger charge is -2.33. The maximum Gasteiger partial charge on any atom is 0.417 e. The molecule has 0 amide bonds. The van der Waals surface area contributed by atoms with Crippen molar-refractivity contribution in [2.75, 3.05) is 0 Å². The molecular formula is C33H23F6P. The summed E-state index contributed by atoms with van der Waals surface area (Å²) >= 11 is 0. The Morgan fingerprint density at radius 2 is 1.20 bits per heavy atom. The second kappa shape index (κ2) is 8.87. The van der Waals surface area contributed by atoms with Crippen LogP contribution in [0.2, 0.25) is 0 Å². The Labute approximate surface area is 227 Å². The SMILES string of the molecule is C=P(c1cc(C(F)(F)F)ccc1C)(c1cc(C)ccc1C(F)(F)F)c1ccc2ccc3cccc4ccc1c2c34. The van der Waals surface area contributed by atoms with Crippen molar-refractivity contribution in [3.8, 4) is 0 Å². The van der Waals surface area contributed by atoms with Gasteiger partial charge >= 0.3 is 12.4 Å². The van der Waals surface area contributed by atoms with Crippen LogP contribution in [0.1, 0.15) is 22.3 Å². The summed E-state index contributed by atoms with van der Waals surface area (Å²) in [7, 11) is 0. The van der Waals surface area contributed by atoms with Crippen molar-refractivity contribution in [2.45, 2.75) is 26.2 Å². The fraction of sp³-hybridized carbons (Fsp3) is 0.121. The van der Waals surface area contributed by atoms with Crippen molar-refractivity contribution in [3.05, 3.63) is 113 Å². The van der Waals surface area contributed by atoms with E-state index in [4.69, 9.17) is 0 Å². The predicted molar refractivity (Wildman–Crippen MR) is 155 cm³/mol. The third-order valence-electron chi connectivity index (χ3n) is 7.73. The molecule has 1 unspecified atom stereocenters. The summed E-state index contributed by atoms with van der Waals surface area (Å²) in [5, 5.41) is 5.97. The molecule has 1 atom stereocenters. The van der Waals surface area contributed by atoms with Gasteiger partial charge in [0, 0.05) is 0 Å². The Hall–Kier alpha value is -3.76. The fourth-order valence-electron chi connectivity index (χ4n) is 5.84. The van der Waals surface area contributed by atoms with Gasteiger partial charge in [-0.2, -0.15) is 26.3 Å². The molecule has 0 aliphatic rings. The summed E-state index contributed by atoms with van der Waals surface area (Å²) in [6, 6.07) is 24.3. The van der Waals surface area contributed by atoms with E-state index in [1.54, 1.807) is 19.9 Å². The zero-order valence-corrected chi connectivity index (χ0v) is 22.5. The van der Waals surface area contributed by atoms with Gasteiger partial charge in [-0.25, -0.2) is 0 Å². The van der Waals surface area contributed by atoms with Gasteiger partial charge in [0.25, 0.3) is 0 Å². The molecule has 0 aliphatic carbocycles. The summed E-state index contributed by atoms with van der Waals surface area (Å²) < 4.78 is 85.6. The minimum absolute atomic E-state index is 0.0857. The highest BCUT2D eigenvalue weighted by Crippen LogP contribution is 2.50. The van der Waals surface area contributed by atoms with Gasteiger partial charge in [-0.05, 0) is 92.7 Å². The molecule has 6 aromatic rings. The van der Waals surface area contributed by atoms with Gasteiger partial charge in [-0.1, -0.05) is 84.7 Å². The van der Waals surface area contributed by atoms with E-state index in [0.717, 1.165) is 45.1 Å². The first kappa shape index (κ1) is 26.5. The van der Waals surface area contributed by atoms with E-state index in [1.807, 2.05) is 48.5 Å². The molecule has 0 heterocycles. The van der Waals surface area contributed by atoms with Crippen LogP contribution >= 0.6 is 6.89 Å². The molecule has 6 aromatic carbocycles. The van der Waals surface area contributed by atoms with Crippen molar-refractivity contribution >= 4 is 61.4 Å². The predicted octanol–water partition coefficient (Wildman–Crippen LogP) is 8.96. The molecule has 0 radical (unpaired) electrons. The van der Waals surface area contributed by atoms with Crippen LogP contribution in [0.5, 0.6) is 0 Å². The number of halogens is 6. The number of benzene rings is 6. The smallest absolute Gasteiger partial charge is 0.166 e. The third-order valence-corrected chi connectivity index (χ3v) is 11.4. The van der Waals surface area contributed by atoms with Crippen LogP contribution < -0.4 is 15.9 Å². The van der Waals surface area contributed by atoms with E-state index in [9.17, 15) is 26.3 Å². The van der Waals surface area contributed by atoms with Gasteiger partial charge in [0.1, 0.15) is 0 Å². The third kappa shape index (κ3) is 4.00. The number of alkyl halides is 6. The van der Waals surface area contributed by atoms with E-state index in [-0.39, 0.29) is 10.6 Å². The van der Waals surface area contributed by atoms with Gasteiger partial charge in [-0.15, -0.1) is 0 Å². The van der Waals surface area contributed by atoms with Gasteiger partial charge in [0.15, 0.2) is 0 Å². The molecular weight excluding hydrogens is 541 g/mol. The lowest BCUT2D eigenvalue weighted by molar-refractivity contribution is -0.138. The van der Waals surface area contributed by atoms with Gasteiger partial charge in [0.05, 0.1) is 11.1 Å². The average molecular weight is 565 g/mol. The highest BCUT2D eigenvalue weighted by atomic mass is 31.2. The average Bonchev–Trinajstić information content (AvgIpc) is 2.90. The molecule has 0 fully saturated rings. The number of aryl methyl sites for hydroxylation is 2. The van der Waals surface area contributed by atoms with E-state index in [1.165, 1.54) is 18.2 Å². The van der Waals surface area contributed by atoms with E-state index >= 15 is 0 Å². The van der Waals surface area contributed by atoms with Crippen LogP contribution in [0.4, 0.5) is 26.3 Å². The number of hydrogen-bond donors (Lipinski definition) is 0. The Balaban J connectivity index is 1.82. The molecule has 0 spiro atoms. The summed E-state index contributed by atoms with van der Waals surface area (Å²) in [6.07, 6.45) is -4.90. The largest absolute Gasteiger partial charge is 0.417 e. The topological polar surface area (TPSA) is 0 Å². The van der Waals surface area contributed by atoms with Crippen LogP contribution in [0.3, 0.4) is 0 Å². The van der Waals surface area contributed by atoms with Gasteiger partial charge < -0.3 is 0 Å². The van der Waals surface area contributed by atoms with Crippen molar-refractivity contribution in [1.29, 1.82) is 0 Å². The Morgan fingerprint density at radius 1 is 0.575 bits per heavy atom. The standard InChI is InChI=1S/C33H23F6P/c1-19-7-15-26(33(37,38)39)29(17-19)40(3,28-18-24(32(34,35)36)13-8-20(28)2)27-16-12-23-10-9-21-5-4-6-22-11-14-25(27)31(23)30(21)22/h4-18H,3H2,1-2H3. The first-order valence-corrected chi connectivity index (χ1v) is 14.5. The normalized spacial score (nSPS) is 14.3. The first-order chi connectivity index (χ1) is 18.8. The molecule has 0 aliphatic heterocycles. The second-order valence-electron chi connectivity index (χ2n) is 10.3. The van der Waals surface area contributed by atoms with Gasteiger partial charge in [0.2, 0.25) is 0 Å². The molecule has 0 N–H and O–H groups in total. The molecule has 40 heavy (non-hydrogen) atoms. The number of rotatable bonds is 3. The Morgan fingerprint density at radius 3 is 1.85 bits per heavy atom. The van der Waals surface area contributed by atoms with Crippen LogP contribution in [0.25, 0.3) is 32.3 Å². The quantitative estimate of drug-likeness (QED) is 0.114. The molecule has 0 bridgehead atoms. The van der Waals surface area contributed by atoms with Crippen LogP contribution in [-0.2, 0) is 12.4 Å². The lowest BCUT2D eigenvalue weighted by atomic mass is 9.94. The summed E-state index contributed by atoms with van der Waals surface area (Å²) in [4.78, 5) is 0. The molecule has 7 heteroatoms. The van der Waals surface area contributed by atoms with Crippen LogP contribution in [0.15, 0.2) is 91.0 Å². The maximum absolute atomic E-state index is 14.6. The van der Waals surface area contributed by atoms with Crippen molar-refractivity contribution in [1.82, 2.24) is 0 Å². The van der Waals surface area contributed by atoms with E-state index < -0.39 is 30.4 Å². The molecule has 0 aromatic heterocycles. The monoisotopic (exact) mass is 564 g/mol. The van der Waals surface area contributed by atoms with Crippen LogP contribution in [-0.4, -0.2) is 6.30 Å². The van der Waals surface area contributed by atoms with Crippen molar-refractivity contribution in [2.24, 2.45) is 0 Å². The van der Waals surface area contributed by atoms with Crippen molar-refractivity contribution in [3.63, 3.8) is 0 Å².